The van der Waals surface area contributed by atoms with E-state index in [2.05, 4.69) is 19.8 Å². The van der Waals surface area contributed by atoms with Crippen molar-refractivity contribution in [2.24, 2.45) is 0 Å². The van der Waals surface area contributed by atoms with Gasteiger partial charge < -0.3 is 10.2 Å². The number of carboxylic acids is 2. The molecule has 0 amide bonds. The van der Waals surface area contributed by atoms with Crippen LogP contribution in [0, 0.1) is 0 Å². The molecular formula is C10H22O4Sn. The Labute approximate surface area is 95.6 Å². The molecule has 0 radical (unpaired) electrons. The van der Waals surface area contributed by atoms with E-state index < -0.39 is 30.3 Å². The molecule has 0 heterocycles. The normalized spacial score (nSPS) is 10.1. The minimum absolute atomic E-state index is 0.0628. The van der Waals surface area contributed by atoms with E-state index in [1.807, 2.05) is 0 Å². The summed E-state index contributed by atoms with van der Waals surface area (Å²) in [5.74, 6) is -1.74. The molecular weight excluding hydrogens is 303 g/mol. The van der Waals surface area contributed by atoms with Crippen LogP contribution in [-0.4, -0.2) is 40.5 Å². The second kappa shape index (κ2) is 9.00. The Hall–Kier alpha value is -0.261. The first kappa shape index (κ1) is 17.1. The molecule has 0 aliphatic heterocycles. The molecule has 2 N–H and O–H groups in total. The van der Waals surface area contributed by atoms with Crippen LogP contribution in [-0.2, 0) is 9.59 Å². The summed E-state index contributed by atoms with van der Waals surface area (Å²) in [4.78, 5) is 29.4. The van der Waals surface area contributed by atoms with Crippen LogP contribution >= 0.6 is 0 Å². The van der Waals surface area contributed by atoms with E-state index in [9.17, 15) is 9.59 Å². The van der Waals surface area contributed by atoms with Gasteiger partial charge in [0.15, 0.2) is 0 Å². The van der Waals surface area contributed by atoms with E-state index in [0.29, 0.717) is 12.8 Å². The van der Waals surface area contributed by atoms with Crippen molar-refractivity contribution in [3.8, 4) is 0 Å². The van der Waals surface area contributed by atoms with E-state index in [-0.39, 0.29) is 12.8 Å². The molecule has 0 atom stereocenters. The number of hydrogen-bond acceptors (Lipinski definition) is 2. The van der Waals surface area contributed by atoms with Crippen molar-refractivity contribution in [2.75, 3.05) is 0 Å². The zero-order chi connectivity index (χ0) is 12.5. The number of aliphatic carboxylic acids is 2. The summed E-state index contributed by atoms with van der Waals surface area (Å²) in [6.07, 6.45) is 1.02. The molecule has 0 aliphatic carbocycles. The van der Waals surface area contributed by atoms with Crippen LogP contribution in [0.25, 0.3) is 0 Å². The molecule has 4 nitrogen and oxygen atoms in total. The summed E-state index contributed by atoms with van der Waals surface area (Å²) in [6, 6.07) is 0. The molecule has 0 aromatic heterocycles. The number of carboxylic acid groups (broad SMARTS) is 2. The first-order valence-corrected chi connectivity index (χ1v) is 16.5. The third-order valence-corrected chi connectivity index (χ3v) is 1.03. The first-order valence-electron chi connectivity index (χ1n) is 5.06. The van der Waals surface area contributed by atoms with Gasteiger partial charge in [0.2, 0.25) is 0 Å². The fourth-order valence-corrected chi connectivity index (χ4v) is 0.552. The topological polar surface area (TPSA) is 74.6 Å². The van der Waals surface area contributed by atoms with Crippen LogP contribution in [0.15, 0.2) is 0 Å². The summed E-state index contributed by atoms with van der Waals surface area (Å²) in [5, 5.41) is 16.3. The second-order valence-electron chi connectivity index (χ2n) is 4.99. The Bertz CT molecular complexity index is 174. The Morgan fingerprint density at radius 3 is 1.20 bits per heavy atom. The van der Waals surface area contributed by atoms with E-state index >= 15 is 0 Å². The van der Waals surface area contributed by atoms with Crippen LogP contribution in [0.5, 0.6) is 0 Å². The zero-order valence-corrected chi connectivity index (χ0v) is 12.9. The van der Waals surface area contributed by atoms with Gasteiger partial charge in [-0.3, -0.25) is 9.59 Å². The van der Waals surface area contributed by atoms with Crippen LogP contribution in [0.4, 0.5) is 0 Å². The molecule has 15 heavy (non-hydrogen) atoms. The molecule has 90 valence electrons. The molecule has 0 fully saturated rings. The van der Waals surface area contributed by atoms with Gasteiger partial charge in [0, 0.05) is 12.8 Å². The van der Waals surface area contributed by atoms with Crippen LogP contribution < -0.4 is 0 Å². The number of hydrogen-bond donors (Lipinski definition) is 2. The standard InChI is InChI=1S/C6H10O4.4CH3.Sn/c7-5(8)3-1-2-4-6(9)10;;;;;/h1-4H2,(H,7,8)(H,9,10);4*1H3;. The predicted molar refractivity (Wildman–Crippen MR) is 62.9 cm³/mol. The van der Waals surface area contributed by atoms with Crippen molar-refractivity contribution in [2.45, 2.75) is 45.4 Å². The van der Waals surface area contributed by atoms with Gasteiger partial charge in [-0.15, -0.1) is 0 Å². The van der Waals surface area contributed by atoms with E-state index in [1.54, 1.807) is 0 Å². The van der Waals surface area contributed by atoms with Crippen molar-refractivity contribution in [3.63, 3.8) is 0 Å². The molecule has 0 unspecified atom stereocenters. The Morgan fingerprint density at radius 1 is 0.867 bits per heavy atom. The number of rotatable bonds is 5. The molecule has 5 heteroatoms. The molecule has 0 saturated carbocycles. The Balaban J connectivity index is 0. The van der Waals surface area contributed by atoms with Crippen molar-refractivity contribution in [3.05, 3.63) is 0 Å². The summed E-state index contributed by atoms with van der Waals surface area (Å²) in [7, 11) is 0. The van der Waals surface area contributed by atoms with E-state index in [4.69, 9.17) is 10.2 Å². The summed E-state index contributed by atoms with van der Waals surface area (Å²) >= 11 is -1.18. The van der Waals surface area contributed by atoms with Gasteiger partial charge in [-0.1, -0.05) is 0 Å². The Morgan fingerprint density at radius 2 is 1.07 bits per heavy atom. The summed E-state index contributed by atoms with van der Waals surface area (Å²) in [5.41, 5.74) is 0. The van der Waals surface area contributed by atoms with Gasteiger partial charge in [-0.2, -0.15) is 0 Å². The maximum atomic E-state index is 9.90. The molecule has 0 rings (SSSR count). The van der Waals surface area contributed by atoms with Gasteiger partial charge in [0.1, 0.15) is 0 Å². The minimum atomic E-state index is -1.18. The van der Waals surface area contributed by atoms with Crippen LogP contribution in [0.2, 0.25) is 19.8 Å². The molecule has 0 aromatic rings. The first-order chi connectivity index (χ1) is 6.63. The van der Waals surface area contributed by atoms with Crippen molar-refractivity contribution in [1.29, 1.82) is 0 Å². The van der Waals surface area contributed by atoms with Crippen molar-refractivity contribution in [1.82, 2.24) is 0 Å². The van der Waals surface area contributed by atoms with E-state index in [1.165, 1.54) is 0 Å². The fraction of sp³-hybridized carbons (Fsp3) is 0.800. The number of carbonyl (C=O) groups is 2. The Kier molecular flexibility index (Phi) is 10.3. The van der Waals surface area contributed by atoms with Gasteiger partial charge in [-0.05, 0) is 12.8 Å². The summed E-state index contributed by atoms with van der Waals surface area (Å²) in [6.45, 7) is 0. The molecule has 0 bridgehead atoms. The van der Waals surface area contributed by atoms with Gasteiger partial charge >= 0.3 is 50.1 Å². The van der Waals surface area contributed by atoms with Crippen LogP contribution in [0.3, 0.4) is 0 Å². The van der Waals surface area contributed by atoms with E-state index in [0.717, 1.165) is 0 Å². The molecule has 0 spiro atoms. The van der Waals surface area contributed by atoms with Crippen molar-refractivity contribution >= 4 is 30.3 Å². The van der Waals surface area contributed by atoms with Crippen molar-refractivity contribution < 1.29 is 19.8 Å². The second-order valence-corrected chi connectivity index (χ2v) is 22.1. The number of unbranched alkanes of at least 4 members (excludes halogenated alkanes) is 1. The quantitative estimate of drug-likeness (QED) is 0.602. The SMILES string of the molecule is O=C(O)CCCCC(=O)O.[CH3][Sn]([CH3])([CH3])[CH3]. The maximum absolute atomic E-state index is 9.90. The molecule has 0 aromatic carbocycles. The fourth-order valence-electron chi connectivity index (χ4n) is 0.552. The zero-order valence-electron chi connectivity index (χ0n) is 10.0. The van der Waals surface area contributed by atoms with Gasteiger partial charge in [-0.25, -0.2) is 0 Å². The predicted octanol–water partition coefficient (Wildman–Crippen LogP) is 2.67. The third-order valence-electron chi connectivity index (χ3n) is 1.03. The van der Waals surface area contributed by atoms with Crippen LogP contribution in [0.1, 0.15) is 25.7 Å². The molecule has 0 aliphatic rings. The monoisotopic (exact) mass is 326 g/mol. The average Bonchev–Trinajstić information content (AvgIpc) is 1.94. The summed E-state index contributed by atoms with van der Waals surface area (Å²) < 4.78 is 0. The van der Waals surface area contributed by atoms with Gasteiger partial charge in [0.05, 0.1) is 0 Å². The third kappa shape index (κ3) is 41.7. The molecule has 0 saturated heterocycles. The average molecular weight is 325 g/mol. The van der Waals surface area contributed by atoms with Gasteiger partial charge in [0.25, 0.3) is 0 Å².